The van der Waals surface area contributed by atoms with Crippen LogP contribution in [0.2, 0.25) is 0 Å². The van der Waals surface area contributed by atoms with Crippen LogP contribution in [-0.4, -0.2) is 26.0 Å². The van der Waals surface area contributed by atoms with E-state index < -0.39 is 0 Å². The van der Waals surface area contributed by atoms with Gasteiger partial charge in [0, 0.05) is 32.5 Å². The Morgan fingerprint density at radius 2 is 1.60 bits per heavy atom. The van der Waals surface area contributed by atoms with Gasteiger partial charge in [0.25, 0.3) is 0 Å². The summed E-state index contributed by atoms with van der Waals surface area (Å²) in [6.45, 7) is 7.99. The van der Waals surface area contributed by atoms with E-state index in [4.69, 9.17) is 0 Å². The van der Waals surface area contributed by atoms with E-state index in [1.807, 2.05) is 52.0 Å². The van der Waals surface area contributed by atoms with Crippen LogP contribution in [0.25, 0.3) is 5.70 Å². The highest BCUT2D eigenvalue weighted by Crippen LogP contribution is 2.16. The molecule has 0 spiro atoms. The molecule has 0 heterocycles. The van der Waals surface area contributed by atoms with Crippen molar-refractivity contribution in [2.45, 2.75) is 13.8 Å². The molecular weight excluding hydrogens is 184 g/mol. The highest BCUT2D eigenvalue weighted by atomic mass is 15.1. The Balaban J connectivity index is 0.000000921. The molecule has 0 bridgehead atoms. The second-order valence-corrected chi connectivity index (χ2v) is 3.17. The van der Waals surface area contributed by atoms with Crippen LogP contribution >= 0.6 is 0 Å². The molecule has 0 saturated carbocycles. The van der Waals surface area contributed by atoms with E-state index in [0.29, 0.717) is 0 Å². The lowest BCUT2D eigenvalue weighted by atomic mass is 10.1. The molecule has 2 nitrogen and oxygen atoms in total. The molecule has 1 aromatic rings. The molecule has 15 heavy (non-hydrogen) atoms. The minimum absolute atomic E-state index is 1.03. The fraction of sp³-hybridized carbons (Fsp3) is 0.385. The van der Waals surface area contributed by atoms with Crippen molar-refractivity contribution < 1.29 is 0 Å². The molecule has 0 aliphatic rings. The summed E-state index contributed by atoms with van der Waals surface area (Å²) in [6.07, 6.45) is 0. The van der Waals surface area contributed by atoms with E-state index in [2.05, 4.69) is 24.0 Å². The number of hydrogen-bond donors (Lipinski definition) is 1. The van der Waals surface area contributed by atoms with Gasteiger partial charge in [-0.25, -0.2) is 0 Å². The third-order valence-electron chi connectivity index (χ3n) is 2.05. The summed E-state index contributed by atoms with van der Waals surface area (Å²) in [4.78, 5) is 2.01. The molecular formula is C13H22N2. The Morgan fingerprint density at radius 1 is 1.13 bits per heavy atom. The summed E-state index contributed by atoms with van der Waals surface area (Å²) in [7, 11) is 5.90. The quantitative estimate of drug-likeness (QED) is 0.816. The van der Waals surface area contributed by atoms with Gasteiger partial charge in [-0.3, -0.25) is 0 Å². The number of nitrogens with one attached hydrogen (secondary N) is 1. The lowest BCUT2D eigenvalue weighted by Gasteiger charge is -2.15. The van der Waals surface area contributed by atoms with Gasteiger partial charge in [0.1, 0.15) is 0 Å². The van der Waals surface area contributed by atoms with Gasteiger partial charge < -0.3 is 10.2 Å². The zero-order valence-electron chi connectivity index (χ0n) is 10.5. The number of benzene rings is 1. The van der Waals surface area contributed by atoms with Gasteiger partial charge in [0.05, 0.1) is 0 Å². The SMILES string of the molecule is C=C(c1ccc(NC)cc1)N(C)C.CC. The Morgan fingerprint density at radius 3 is 1.93 bits per heavy atom. The molecule has 0 saturated heterocycles. The predicted molar refractivity (Wildman–Crippen MR) is 70.1 cm³/mol. The summed E-state index contributed by atoms with van der Waals surface area (Å²) in [5.41, 5.74) is 3.31. The van der Waals surface area contributed by atoms with E-state index in [1.165, 1.54) is 0 Å². The summed E-state index contributed by atoms with van der Waals surface area (Å²) in [5, 5.41) is 3.08. The highest BCUT2D eigenvalue weighted by Gasteiger charge is 1.99. The van der Waals surface area contributed by atoms with Crippen LogP contribution in [0.3, 0.4) is 0 Å². The molecule has 0 aliphatic heterocycles. The lowest BCUT2D eigenvalue weighted by Crippen LogP contribution is -2.08. The molecule has 84 valence electrons. The molecule has 1 aromatic carbocycles. The van der Waals surface area contributed by atoms with Crippen LogP contribution < -0.4 is 5.32 Å². The molecule has 0 aromatic heterocycles. The number of nitrogens with zero attached hydrogens (tertiary/aromatic N) is 1. The second-order valence-electron chi connectivity index (χ2n) is 3.17. The second kappa shape index (κ2) is 6.93. The fourth-order valence-corrected chi connectivity index (χ4v) is 1.09. The van der Waals surface area contributed by atoms with Gasteiger partial charge in [-0.2, -0.15) is 0 Å². The van der Waals surface area contributed by atoms with Crippen LogP contribution in [0, 0.1) is 0 Å². The van der Waals surface area contributed by atoms with Gasteiger partial charge in [0.15, 0.2) is 0 Å². The molecule has 1 N–H and O–H groups in total. The van der Waals surface area contributed by atoms with Crippen LogP contribution in [0.5, 0.6) is 0 Å². The zero-order chi connectivity index (χ0) is 11.8. The van der Waals surface area contributed by atoms with Gasteiger partial charge in [-0.1, -0.05) is 32.6 Å². The van der Waals surface area contributed by atoms with Gasteiger partial charge >= 0.3 is 0 Å². The van der Waals surface area contributed by atoms with Crippen LogP contribution in [0.4, 0.5) is 5.69 Å². The monoisotopic (exact) mass is 206 g/mol. The average Bonchev–Trinajstić information content (AvgIpc) is 2.31. The van der Waals surface area contributed by atoms with Crippen molar-refractivity contribution in [1.29, 1.82) is 0 Å². The normalized spacial score (nSPS) is 8.60. The first-order chi connectivity index (χ1) is 7.15. The number of rotatable bonds is 3. The van der Waals surface area contributed by atoms with Crippen molar-refractivity contribution in [3.8, 4) is 0 Å². The largest absolute Gasteiger partial charge is 0.388 e. The maximum Gasteiger partial charge on any atom is 0.0361 e. The standard InChI is InChI=1S/C11H16N2.C2H6/c1-9(13(3)4)10-5-7-11(12-2)8-6-10;1-2/h5-8,12H,1H2,2-4H3;1-2H3. The first-order valence-electron chi connectivity index (χ1n) is 5.29. The summed E-state index contributed by atoms with van der Waals surface area (Å²) in [6, 6.07) is 8.22. The average molecular weight is 206 g/mol. The van der Waals surface area contributed by atoms with Crippen molar-refractivity contribution in [3.63, 3.8) is 0 Å². The smallest absolute Gasteiger partial charge is 0.0361 e. The predicted octanol–water partition coefficient (Wildman–Crippen LogP) is 3.29. The minimum Gasteiger partial charge on any atom is -0.388 e. The Kier molecular flexibility index (Phi) is 6.27. The molecule has 0 fully saturated rings. The topological polar surface area (TPSA) is 15.3 Å². The van der Waals surface area contributed by atoms with Gasteiger partial charge in [0.2, 0.25) is 0 Å². The molecule has 1 rings (SSSR count). The maximum absolute atomic E-state index is 3.99. The van der Waals surface area contributed by atoms with Crippen molar-refractivity contribution in [3.05, 3.63) is 36.4 Å². The van der Waals surface area contributed by atoms with Crippen molar-refractivity contribution in [2.75, 3.05) is 26.5 Å². The minimum atomic E-state index is 1.03. The van der Waals surface area contributed by atoms with Crippen molar-refractivity contribution in [2.24, 2.45) is 0 Å². The molecule has 0 amide bonds. The van der Waals surface area contributed by atoms with Crippen LogP contribution in [0.1, 0.15) is 19.4 Å². The lowest BCUT2D eigenvalue weighted by molar-refractivity contribution is 0.593. The van der Waals surface area contributed by atoms with E-state index >= 15 is 0 Å². The molecule has 0 atom stereocenters. The maximum atomic E-state index is 3.99. The molecule has 0 radical (unpaired) electrons. The number of hydrogen-bond acceptors (Lipinski definition) is 2. The molecule has 0 unspecified atom stereocenters. The Labute approximate surface area is 93.6 Å². The molecule has 2 heteroatoms. The van der Waals surface area contributed by atoms with Crippen molar-refractivity contribution >= 4 is 11.4 Å². The van der Waals surface area contributed by atoms with Crippen LogP contribution in [-0.2, 0) is 0 Å². The van der Waals surface area contributed by atoms with E-state index in [0.717, 1.165) is 16.9 Å². The van der Waals surface area contributed by atoms with Crippen molar-refractivity contribution in [1.82, 2.24) is 4.90 Å². The van der Waals surface area contributed by atoms with Gasteiger partial charge in [-0.15, -0.1) is 0 Å². The third-order valence-corrected chi connectivity index (χ3v) is 2.05. The van der Waals surface area contributed by atoms with E-state index in [1.54, 1.807) is 0 Å². The first kappa shape index (κ1) is 13.6. The third kappa shape index (κ3) is 4.07. The summed E-state index contributed by atoms with van der Waals surface area (Å²) >= 11 is 0. The first-order valence-corrected chi connectivity index (χ1v) is 5.29. The van der Waals surface area contributed by atoms with E-state index in [-0.39, 0.29) is 0 Å². The Bertz CT molecular complexity index is 286. The highest BCUT2D eigenvalue weighted by molar-refractivity contribution is 5.63. The number of anilines is 1. The Hall–Kier alpha value is -1.44. The summed E-state index contributed by atoms with van der Waals surface area (Å²) in [5.74, 6) is 0. The summed E-state index contributed by atoms with van der Waals surface area (Å²) < 4.78 is 0. The molecule has 0 aliphatic carbocycles. The van der Waals surface area contributed by atoms with Crippen LogP contribution in [0.15, 0.2) is 30.8 Å². The van der Waals surface area contributed by atoms with E-state index in [9.17, 15) is 0 Å². The zero-order valence-corrected chi connectivity index (χ0v) is 10.5. The fourth-order valence-electron chi connectivity index (χ4n) is 1.09. The van der Waals surface area contributed by atoms with Gasteiger partial charge in [-0.05, 0) is 17.7 Å².